The predicted octanol–water partition coefficient (Wildman–Crippen LogP) is 0.777. The minimum Gasteiger partial charge on any atom is -0.497 e. The van der Waals surface area contributed by atoms with E-state index in [9.17, 15) is 13.2 Å². The maximum Gasteiger partial charge on any atom is 0.263 e. The number of nitrogen functional groups attached to an aromatic ring is 1. The molecule has 0 unspecified atom stereocenters. The molecule has 1 aromatic carbocycles. The van der Waals surface area contributed by atoms with Crippen LogP contribution in [0.25, 0.3) is 0 Å². The summed E-state index contributed by atoms with van der Waals surface area (Å²) in [5.74, 6) is 0.466. The first-order chi connectivity index (χ1) is 9.83. The van der Waals surface area contributed by atoms with E-state index in [2.05, 4.69) is 4.72 Å². The molecule has 0 spiro atoms. The van der Waals surface area contributed by atoms with E-state index in [4.69, 9.17) is 10.5 Å². The number of hydrogen-bond acceptors (Lipinski definition) is 5. The van der Waals surface area contributed by atoms with Crippen LogP contribution in [0.3, 0.4) is 0 Å². The van der Waals surface area contributed by atoms with E-state index >= 15 is 0 Å². The Kier molecular flexibility index (Phi) is 3.90. The lowest BCUT2D eigenvalue weighted by Crippen LogP contribution is -2.19. The standard InChI is InChI=1S/C13H15N3O4S/c1-16-8-9(3-6-13(16)17)15-21(18,19)12-5-4-10(20-2)7-11(12)14/h3-8,15H,14H2,1-2H3. The minimum absolute atomic E-state index is 0.0582. The van der Waals surface area contributed by atoms with Crippen LogP contribution in [0.5, 0.6) is 5.75 Å². The van der Waals surface area contributed by atoms with E-state index in [1.54, 1.807) is 0 Å². The molecule has 0 aliphatic heterocycles. The Morgan fingerprint density at radius 1 is 1.24 bits per heavy atom. The van der Waals surface area contributed by atoms with Crippen molar-refractivity contribution in [1.29, 1.82) is 0 Å². The van der Waals surface area contributed by atoms with Crippen LogP contribution in [-0.2, 0) is 17.1 Å². The Morgan fingerprint density at radius 3 is 2.52 bits per heavy atom. The van der Waals surface area contributed by atoms with E-state index in [1.165, 1.54) is 55.3 Å². The Labute approximate surface area is 122 Å². The molecule has 0 aliphatic rings. The fourth-order valence-corrected chi connectivity index (χ4v) is 2.92. The molecule has 1 aromatic heterocycles. The summed E-state index contributed by atoms with van der Waals surface area (Å²) in [5, 5.41) is 0. The smallest absolute Gasteiger partial charge is 0.263 e. The first-order valence-electron chi connectivity index (χ1n) is 5.96. The number of nitrogens with two attached hydrogens (primary N) is 1. The van der Waals surface area contributed by atoms with E-state index in [-0.39, 0.29) is 21.8 Å². The quantitative estimate of drug-likeness (QED) is 0.812. The molecule has 0 saturated carbocycles. The highest BCUT2D eigenvalue weighted by molar-refractivity contribution is 7.92. The normalized spacial score (nSPS) is 11.1. The van der Waals surface area contributed by atoms with Gasteiger partial charge < -0.3 is 15.0 Å². The van der Waals surface area contributed by atoms with Crippen LogP contribution in [-0.4, -0.2) is 20.1 Å². The van der Waals surface area contributed by atoms with Crippen LogP contribution in [0.4, 0.5) is 11.4 Å². The van der Waals surface area contributed by atoms with Gasteiger partial charge in [-0.3, -0.25) is 9.52 Å². The third kappa shape index (κ3) is 3.16. The van der Waals surface area contributed by atoms with Gasteiger partial charge in [0.25, 0.3) is 10.0 Å². The molecule has 0 fully saturated rings. The van der Waals surface area contributed by atoms with Crippen molar-refractivity contribution in [1.82, 2.24) is 4.57 Å². The summed E-state index contributed by atoms with van der Waals surface area (Å²) in [6, 6.07) is 6.95. The Morgan fingerprint density at radius 2 is 1.95 bits per heavy atom. The van der Waals surface area contributed by atoms with Gasteiger partial charge >= 0.3 is 0 Å². The van der Waals surface area contributed by atoms with Gasteiger partial charge in [-0.05, 0) is 18.2 Å². The fraction of sp³-hybridized carbons (Fsp3) is 0.154. The van der Waals surface area contributed by atoms with Crippen molar-refractivity contribution in [2.75, 3.05) is 17.6 Å². The number of hydrogen-bond donors (Lipinski definition) is 2. The minimum atomic E-state index is -3.84. The summed E-state index contributed by atoms with van der Waals surface area (Å²) >= 11 is 0. The number of ether oxygens (including phenoxy) is 1. The van der Waals surface area contributed by atoms with Gasteiger partial charge in [0.15, 0.2) is 0 Å². The highest BCUT2D eigenvalue weighted by Gasteiger charge is 2.18. The van der Waals surface area contributed by atoms with Crippen LogP contribution in [0, 0.1) is 0 Å². The molecule has 21 heavy (non-hydrogen) atoms. The summed E-state index contributed by atoms with van der Waals surface area (Å²) < 4.78 is 33.2. The Bertz CT molecular complexity index is 828. The third-order valence-electron chi connectivity index (χ3n) is 2.84. The lowest BCUT2D eigenvalue weighted by atomic mass is 10.3. The second kappa shape index (κ2) is 5.49. The van der Waals surface area contributed by atoms with Crippen LogP contribution in [0.1, 0.15) is 0 Å². The molecule has 0 amide bonds. The highest BCUT2D eigenvalue weighted by atomic mass is 32.2. The monoisotopic (exact) mass is 309 g/mol. The molecule has 2 rings (SSSR count). The van der Waals surface area contributed by atoms with E-state index in [1.807, 2.05) is 0 Å². The molecule has 0 aliphatic carbocycles. The SMILES string of the molecule is COc1ccc(S(=O)(=O)Nc2ccc(=O)n(C)c2)c(N)c1. The van der Waals surface area contributed by atoms with Gasteiger partial charge in [-0.25, -0.2) is 8.42 Å². The van der Waals surface area contributed by atoms with Crippen molar-refractivity contribution in [3.63, 3.8) is 0 Å². The van der Waals surface area contributed by atoms with Gasteiger partial charge in [-0.1, -0.05) is 0 Å². The molecule has 1 heterocycles. The van der Waals surface area contributed by atoms with Crippen molar-refractivity contribution < 1.29 is 13.2 Å². The van der Waals surface area contributed by atoms with Crippen LogP contribution < -0.4 is 20.8 Å². The number of aromatic nitrogens is 1. The number of pyridine rings is 1. The zero-order valence-corrected chi connectivity index (χ0v) is 12.3. The molecule has 112 valence electrons. The largest absolute Gasteiger partial charge is 0.497 e. The number of nitrogens with one attached hydrogen (secondary N) is 1. The molecule has 8 heteroatoms. The van der Waals surface area contributed by atoms with Gasteiger partial charge in [0.1, 0.15) is 10.6 Å². The average Bonchev–Trinajstić information content (AvgIpc) is 2.42. The molecule has 2 aromatic rings. The summed E-state index contributed by atoms with van der Waals surface area (Å²) in [6.45, 7) is 0. The molecule has 3 N–H and O–H groups in total. The Hall–Kier alpha value is -2.48. The number of methoxy groups -OCH3 is 1. The fourth-order valence-electron chi connectivity index (χ4n) is 1.76. The number of nitrogens with zero attached hydrogens (tertiary/aromatic N) is 1. The molecular formula is C13H15N3O4S. The molecule has 0 radical (unpaired) electrons. The van der Waals surface area contributed by atoms with Crippen molar-refractivity contribution in [3.05, 3.63) is 46.9 Å². The molecule has 7 nitrogen and oxygen atoms in total. The number of benzene rings is 1. The molecule has 0 bridgehead atoms. The molecule has 0 atom stereocenters. The van der Waals surface area contributed by atoms with Crippen molar-refractivity contribution in [2.24, 2.45) is 7.05 Å². The Balaban J connectivity index is 2.38. The molecular weight excluding hydrogens is 294 g/mol. The maximum atomic E-state index is 12.3. The van der Waals surface area contributed by atoms with Gasteiger partial charge in [0.05, 0.1) is 18.5 Å². The number of aryl methyl sites for hydroxylation is 1. The van der Waals surface area contributed by atoms with Crippen molar-refractivity contribution in [2.45, 2.75) is 4.90 Å². The zero-order chi connectivity index (χ0) is 15.6. The van der Waals surface area contributed by atoms with Crippen LogP contribution in [0.15, 0.2) is 46.2 Å². The zero-order valence-electron chi connectivity index (χ0n) is 11.5. The van der Waals surface area contributed by atoms with Gasteiger partial charge in [-0.15, -0.1) is 0 Å². The second-order valence-electron chi connectivity index (χ2n) is 4.38. The number of sulfonamides is 1. The second-order valence-corrected chi connectivity index (χ2v) is 6.03. The average molecular weight is 309 g/mol. The highest BCUT2D eigenvalue weighted by Crippen LogP contribution is 2.25. The summed E-state index contributed by atoms with van der Waals surface area (Å²) in [4.78, 5) is 11.2. The van der Waals surface area contributed by atoms with Gasteiger partial charge in [0.2, 0.25) is 5.56 Å². The lowest BCUT2D eigenvalue weighted by molar-refractivity contribution is 0.414. The summed E-state index contributed by atoms with van der Waals surface area (Å²) in [7, 11) is -0.851. The first-order valence-corrected chi connectivity index (χ1v) is 7.45. The topological polar surface area (TPSA) is 103 Å². The van der Waals surface area contributed by atoms with Gasteiger partial charge in [0, 0.05) is 25.4 Å². The number of rotatable bonds is 4. The van der Waals surface area contributed by atoms with E-state index in [0.717, 1.165) is 0 Å². The van der Waals surface area contributed by atoms with E-state index < -0.39 is 10.0 Å². The summed E-state index contributed by atoms with van der Waals surface area (Å²) in [6.07, 6.45) is 1.39. The van der Waals surface area contributed by atoms with Crippen molar-refractivity contribution >= 4 is 21.4 Å². The predicted molar refractivity (Wildman–Crippen MR) is 79.9 cm³/mol. The first kappa shape index (κ1) is 14.9. The molecule has 0 saturated heterocycles. The van der Waals surface area contributed by atoms with E-state index in [0.29, 0.717) is 5.75 Å². The lowest BCUT2D eigenvalue weighted by Gasteiger charge is -2.11. The van der Waals surface area contributed by atoms with Crippen LogP contribution >= 0.6 is 0 Å². The van der Waals surface area contributed by atoms with Gasteiger partial charge in [-0.2, -0.15) is 0 Å². The number of anilines is 2. The van der Waals surface area contributed by atoms with Crippen LogP contribution in [0.2, 0.25) is 0 Å². The van der Waals surface area contributed by atoms with Crippen molar-refractivity contribution in [3.8, 4) is 5.75 Å². The maximum absolute atomic E-state index is 12.3. The summed E-state index contributed by atoms with van der Waals surface area (Å²) in [5.41, 5.74) is 5.85. The third-order valence-corrected chi connectivity index (χ3v) is 4.30.